The molecule has 0 aliphatic heterocycles. The standard InChI is InChI=1S/C15H32ClN/c1-3-5-6-7-8-9-10-11-14-17-15(4-2)12-13-16/h15,17H,3-14H2,1-2H3. The van der Waals surface area contributed by atoms with Crippen molar-refractivity contribution in [2.75, 3.05) is 12.4 Å². The highest BCUT2D eigenvalue weighted by Gasteiger charge is 2.02. The maximum Gasteiger partial charge on any atom is 0.0238 e. The second-order valence-electron chi connectivity index (χ2n) is 5.01. The molecule has 0 bridgehead atoms. The van der Waals surface area contributed by atoms with Gasteiger partial charge in [-0.1, -0.05) is 58.8 Å². The van der Waals surface area contributed by atoms with E-state index in [0.717, 1.165) is 12.3 Å². The molecule has 0 aromatic carbocycles. The van der Waals surface area contributed by atoms with Crippen LogP contribution in [0.2, 0.25) is 0 Å². The number of hydrogen-bond donors (Lipinski definition) is 1. The van der Waals surface area contributed by atoms with Crippen LogP contribution >= 0.6 is 11.6 Å². The molecule has 1 unspecified atom stereocenters. The van der Waals surface area contributed by atoms with Crippen molar-refractivity contribution in [3.8, 4) is 0 Å². The first kappa shape index (κ1) is 17.2. The van der Waals surface area contributed by atoms with Gasteiger partial charge in [0.05, 0.1) is 0 Å². The average molecular weight is 262 g/mol. The van der Waals surface area contributed by atoms with E-state index in [4.69, 9.17) is 11.6 Å². The highest BCUT2D eigenvalue weighted by Crippen LogP contribution is 2.08. The van der Waals surface area contributed by atoms with Gasteiger partial charge < -0.3 is 5.32 Å². The molecule has 0 aromatic heterocycles. The fourth-order valence-corrected chi connectivity index (χ4v) is 2.41. The van der Waals surface area contributed by atoms with Crippen LogP contribution in [0, 0.1) is 0 Å². The third-order valence-corrected chi connectivity index (χ3v) is 3.63. The van der Waals surface area contributed by atoms with Crippen LogP contribution in [-0.2, 0) is 0 Å². The minimum Gasteiger partial charge on any atom is -0.314 e. The first-order valence-corrected chi connectivity index (χ1v) is 8.17. The van der Waals surface area contributed by atoms with Gasteiger partial charge in [0.2, 0.25) is 0 Å². The molecule has 17 heavy (non-hydrogen) atoms. The summed E-state index contributed by atoms with van der Waals surface area (Å²) in [6, 6.07) is 0.636. The normalized spacial score (nSPS) is 12.9. The predicted octanol–water partition coefficient (Wildman–Crippen LogP) is 5.12. The first-order chi connectivity index (χ1) is 8.35. The Balaban J connectivity index is 3.11. The Morgan fingerprint density at radius 1 is 0.882 bits per heavy atom. The second kappa shape index (κ2) is 14.3. The van der Waals surface area contributed by atoms with Gasteiger partial charge in [-0.15, -0.1) is 11.6 Å². The molecule has 0 amide bonds. The summed E-state index contributed by atoms with van der Waals surface area (Å²) >= 11 is 5.76. The van der Waals surface area contributed by atoms with E-state index in [2.05, 4.69) is 19.2 Å². The Morgan fingerprint density at radius 3 is 2.00 bits per heavy atom. The molecule has 0 rings (SSSR count). The molecule has 0 spiro atoms. The van der Waals surface area contributed by atoms with Crippen LogP contribution in [0.25, 0.3) is 0 Å². The van der Waals surface area contributed by atoms with E-state index in [1.807, 2.05) is 0 Å². The number of alkyl halides is 1. The zero-order valence-corrected chi connectivity index (χ0v) is 12.7. The third-order valence-electron chi connectivity index (χ3n) is 3.41. The maximum atomic E-state index is 5.76. The van der Waals surface area contributed by atoms with Gasteiger partial charge in [-0.3, -0.25) is 0 Å². The molecular formula is C15H32ClN. The highest BCUT2D eigenvalue weighted by atomic mass is 35.5. The summed E-state index contributed by atoms with van der Waals surface area (Å²) in [5.41, 5.74) is 0. The largest absolute Gasteiger partial charge is 0.314 e. The van der Waals surface area contributed by atoms with Gasteiger partial charge in [0.15, 0.2) is 0 Å². The fraction of sp³-hybridized carbons (Fsp3) is 1.00. The van der Waals surface area contributed by atoms with Crippen molar-refractivity contribution in [3.05, 3.63) is 0 Å². The molecule has 0 aromatic rings. The third kappa shape index (κ3) is 12.5. The molecule has 104 valence electrons. The van der Waals surface area contributed by atoms with E-state index in [9.17, 15) is 0 Å². The lowest BCUT2D eigenvalue weighted by molar-refractivity contribution is 0.468. The zero-order valence-electron chi connectivity index (χ0n) is 11.9. The Bertz CT molecular complexity index is 139. The van der Waals surface area contributed by atoms with Crippen LogP contribution < -0.4 is 5.32 Å². The van der Waals surface area contributed by atoms with Crippen LogP contribution in [0.4, 0.5) is 0 Å². The summed E-state index contributed by atoms with van der Waals surface area (Å²) in [6.07, 6.45) is 13.5. The smallest absolute Gasteiger partial charge is 0.0238 e. The topological polar surface area (TPSA) is 12.0 Å². The van der Waals surface area contributed by atoms with Gasteiger partial charge in [0.1, 0.15) is 0 Å². The summed E-state index contributed by atoms with van der Waals surface area (Å²) in [7, 11) is 0. The van der Waals surface area contributed by atoms with Crippen LogP contribution in [0.1, 0.15) is 78.1 Å². The SMILES string of the molecule is CCCCCCCCCCNC(CC)CCCl. The van der Waals surface area contributed by atoms with Gasteiger partial charge in [0, 0.05) is 11.9 Å². The number of nitrogens with one attached hydrogen (secondary N) is 1. The summed E-state index contributed by atoms with van der Waals surface area (Å²) < 4.78 is 0. The van der Waals surface area contributed by atoms with Crippen molar-refractivity contribution >= 4 is 11.6 Å². The van der Waals surface area contributed by atoms with Gasteiger partial charge >= 0.3 is 0 Å². The van der Waals surface area contributed by atoms with Crippen LogP contribution in [0.15, 0.2) is 0 Å². The molecular weight excluding hydrogens is 230 g/mol. The lowest BCUT2D eigenvalue weighted by atomic mass is 10.1. The van der Waals surface area contributed by atoms with Gasteiger partial charge in [-0.05, 0) is 25.8 Å². The quantitative estimate of drug-likeness (QED) is 0.358. The van der Waals surface area contributed by atoms with Crippen LogP contribution in [0.5, 0.6) is 0 Å². The monoisotopic (exact) mass is 261 g/mol. The van der Waals surface area contributed by atoms with Crippen molar-refractivity contribution in [2.24, 2.45) is 0 Å². The first-order valence-electron chi connectivity index (χ1n) is 7.64. The molecule has 1 N–H and O–H groups in total. The second-order valence-corrected chi connectivity index (χ2v) is 5.39. The van der Waals surface area contributed by atoms with Crippen LogP contribution in [-0.4, -0.2) is 18.5 Å². The summed E-state index contributed by atoms with van der Waals surface area (Å²) in [6.45, 7) is 5.68. The highest BCUT2D eigenvalue weighted by molar-refractivity contribution is 6.17. The van der Waals surface area contributed by atoms with Crippen molar-refractivity contribution in [2.45, 2.75) is 84.1 Å². The van der Waals surface area contributed by atoms with Gasteiger partial charge in [-0.25, -0.2) is 0 Å². The summed E-state index contributed by atoms with van der Waals surface area (Å²) in [5, 5.41) is 3.60. The summed E-state index contributed by atoms with van der Waals surface area (Å²) in [4.78, 5) is 0. The zero-order chi connectivity index (χ0) is 12.8. The Morgan fingerprint density at radius 2 is 1.47 bits per heavy atom. The Labute approximate surface area is 114 Å². The summed E-state index contributed by atoms with van der Waals surface area (Å²) in [5.74, 6) is 0.781. The minimum absolute atomic E-state index is 0.636. The number of hydrogen-bond acceptors (Lipinski definition) is 1. The molecule has 1 nitrogen and oxygen atoms in total. The van der Waals surface area contributed by atoms with Crippen molar-refractivity contribution in [1.82, 2.24) is 5.32 Å². The molecule has 2 heteroatoms. The van der Waals surface area contributed by atoms with E-state index in [1.165, 1.54) is 64.3 Å². The van der Waals surface area contributed by atoms with E-state index in [-0.39, 0.29) is 0 Å². The van der Waals surface area contributed by atoms with Gasteiger partial charge in [-0.2, -0.15) is 0 Å². The van der Waals surface area contributed by atoms with E-state index in [1.54, 1.807) is 0 Å². The molecule has 0 radical (unpaired) electrons. The van der Waals surface area contributed by atoms with Gasteiger partial charge in [0.25, 0.3) is 0 Å². The van der Waals surface area contributed by atoms with Crippen molar-refractivity contribution in [1.29, 1.82) is 0 Å². The number of unbranched alkanes of at least 4 members (excludes halogenated alkanes) is 7. The van der Waals surface area contributed by atoms with E-state index >= 15 is 0 Å². The molecule has 0 fully saturated rings. The molecule has 0 aliphatic carbocycles. The predicted molar refractivity (Wildman–Crippen MR) is 80.0 cm³/mol. The van der Waals surface area contributed by atoms with Crippen LogP contribution in [0.3, 0.4) is 0 Å². The fourth-order valence-electron chi connectivity index (χ4n) is 2.15. The minimum atomic E-state index is 0.636. The Hall–Kier alpha value is 0.250. The van der Waals surface area contributed by atoms with Crippen molar-refractivity contribution in [3.63, 3.8) is 0 Å². The maximum absolute atomic E-state index is 5.76. The van der Waals surface area contributed by atoms with E-state index < -0.39 is 0 Å². The Kier molecular flexibility index (Phi) is 14.5. The molecule has 1 atom stereocenters. The number of rotatable bonds is 13. The molecule has 0 saturated heterocycles. The average Bonchev–Trinajstić information content (AvgIpc) is 2.35. The lowest BCUT2D eigenvalue weighted by Crippen LogP contribution is -2.29. The van der Waals surface area contributed by atoms with E-state index in [0.29, 0.717) is 6.04 Å². The molecule has 0 saturated carbocycles. The van der Waals surface area contributed by atoms with Crippen molar-refractivity contribution < 1.29 is 0 Å². The molecule has 0 heterocycles. The molecule has 0 aliphatic rings. The lowest BCUT2D eigenvalue weighted by Gasteiger charge is -2.15. The number of halogens is 1.